The van der Waals surface area contributed by atoms with Gasteiger partial charge in [0.25, 0.3) is 5.91 Å². The SMILES string of the molecule is CNCCCC(=O)Nc1cccc(C(=O)N2CCCCC2)c1. The average Bonchev–Trinajstić information content (AvgIpc) is 2.55. The van der Waals surface area contributed by atoms with Crippen molar-refractivity contribution in [2.75, 3.05) is 32.0 Å². The number of hydrogen-bond acceptors (Lipinski definition) is 3. The van der Waals surface area contributed by atoms with E-state index in [1.165, 1.54) is 6.42 Å². The predicted octanol–water partition coefficient (Wildman–Crippen LogP) is 2.25. The van der Waals surface area contributed by atoms with Gasteiger partial charge in [-0.2, -0.15) is 0 Å². The summed E-state index contributed by atoms with van der Waals surface area (Å²) in [5.41, 5.74) is 1.34. The molecule has 5 heteroatoms. The first kappa shape index (κ1) is 16.5. The van der Waals surface area contributed by atoms with Crippen LogP contribution in [0.3, 0.4) is 0 Å². The molecular formula is C17H25N3O2. The number of piperidine rings is 1. The number of amides is 2. The number of carbonyl (C=O) groups excluding carboxylic acids is 2. The van der Waals surface area contributed by atoms with Crippen LogP contribution in [0.2, 0.25) is 0 Å². The molecule has 2 amide bonds. The minimum absolute atomic E-state index is 0.0159. The number of nitrogens with zero attached hydrogens (tertiary/aromatic N) is 1. The number of likely N-dealkylation sites (tertiary alicyclic amines) is 1. The van der Waals surface area contributed by atoms with Crippen LogP contribution in [0.5, 0.6) is 0 Å². The van der Waals surface area contributed by atoms with Crippen molar-refractivity contribution in [1.29, 1.82) is 0 Å². The van der Waals surface area contributed by atoms with Crippen molar-refractivity contribution in [3.63, 3.8) is 0 Å². The Bertz CT molecular complexity index is 510. The first-order valence-corrected chi connectivity index (χ1v) is 8.04. The molecule has 2 rings (SSSR count). The van der Waals surface area contributed by atoms with Crippen molar-refractivity contribution in [3.05, 3.63) is 29.8 Å². The minimum Gasteiger partial charge on any atom is -0.339 e. The van der Waals surface area contributed by atoms with Gasteiger partial charge in [-0.15, -0.1) is 0 Å². The van der Waals surface area contributed by atoms with Gasteiger partial charge < -0.3 is 15.5 Å². The molecule has 0 atom stereocenters. The first-order valence-electron chi connectivity index (χ1n) is 8.04. The molecule has 1 saturated heterocycles. The van der Waals surface area contributed by atoms with Crippen LogP contribution >= 0.6 is 0 Å². The third-order valence-electron chi connectivity index (χ3n) is 3.87. The van der Waals surface area contributed by atoms with Crippen LogP contribution < -0.4 is 10.6 Å². The van der Waals surface area contributed by atoms with Crippen LogP contribution in [0.1, 0.15) is 42.5 Å². The predicted molar refractivity (Wildman–Crippen MR) is 88.0 cm³/mol. The molecule has 0 unspecified atom stereocenters. The Hall–Kier alpha value is -1.88. The molecule has 1 aliphatic rings. The highest BCUT2D eigenvalue weighted by atomic mass is 16.2. The van der Waals surface area contributed by atoms with Crippen LogP contribution in [0.4, 0.5) is 5.69 Å². The van der Waals surface area contributed by atoms with E-state index in [0.717, 1.165) is 38.9 Å². The number of nitrogens with one attached hydrogen (secondary N) is 2. The molecule has 1 fully saturated rings. The van der Waals surface area contributed by atoms with E-state index in [1.807, 2.05) is 30.1 Å². The zero-order valence-corrected chi connectivity index (χ0v) is 13.2. The Balaban J connectivity index is 1.94. The molecule has 1 aliphatic heterocycles. The summed E-state index contributed by atoms with van der Waals surface area (Å²) >= 11 is 0. The van der Waals surface area contributed by atoms with Crippen molar-refractivity contribution in [1.82, 2.24) is 10.2 Å². The van der Waals surface area contributed by atoms with E-state index in [4.69, 9.17) is 0 Å². The molecular weight excluding hydrogens is 278 g/mol. The minimum atomic E-state index is -0.0159. The lowest BCUT2D eigenvalue weighted by molar-refractivity contribution is -0.116. The van der Waals surface area contributed by atoms with E-state index in [2.05, 4.69) is 10.6 Å². The molecule has 5 nitrogen and oxygen atoms in total. The summed E-state index contributed by atoms with van der Waals surface area (Å²) in [7, 11) is 1.87. The van der Waals surface area contributed by atoms with Gasteiger partial charge in [-0.1, -0.05) is 6.07 Å². The lowest BCUT2D eigenvalue weighted by atomic mass is 10.1. The smallest absolute Gasteiger partial charge is 0.253 e. The van der Waals surface area contributed by atoms with Gasteiger partial charge in [0.15, 0.2) is 0 Å². The molecule has 0 spiro atoms. The number of benzene rings is 1. The molecule has 0 bridgehead atoms. The highest BCUT2D eigenvalue weighted by molar-refractivity contribution is 5.97. The van der Waals surface area contributed by atoms with Gasteiger partial charge in [-0.05, 0) is 57.5 Å². The van der Waals surface area contributed by atoms with Crippen LogP contribution in [-0.2, 0) is 4.79 Å². The lowest BCUT2D eigenvalue weighted by Crippen LogP contribution is -2.35. The van der Waals surface area contributed by atoms with E-state index >= 15 is 0 Å². The molecule has 2 N–H and O–H groups in total. The van der Waals surface area contributed by atoms with Crippen molar-refractivity contribution < 1.29 is 9.59 Å². The Kier molecular flexibility index (Phi) is 6.40. The molecule has 0 aromatic heterocycles. The molecule has 0 radical (unpaired) electrons. The van der Waals surface area contributed by atoms with Crippen LogP contribution in [0.25, 0.3) is 0 Å². The van der Waals surface area contributed by atoms with Crippen molar-refractivity contribution in [2.45, 2.75) is 32.1 Å². The second-order valence-corrected chi connectivity index (χ2v) is 5.69. The number of rotatable bonds is 6. The largest absolute Gasteiger partial charge is 0.339 e. The van der Waals surface area contributed by atoms with E-state index in [0.29, 0.717) is 17.7 Å². The third-order valence-corrected chi connectivity index (χ3v) is 3.87. The fourth-order valence-corrected chi connectivity index (χ4v) is 2.66. The molecule has 1 aromatic rings. The Labute approximate surface area is 132 Å². The average molecular weight is 303 g/mol. The Morgan fingerprint density at radius 2 is 1.95 bits per heavy atom. The molecule has 1 heterocycles. The zero-order valence-electron chi connectivity index (χ0n) is 13.2. The molecule has 22 heavy (non-hydrogen) atoms. The maximum Gasteiger partial charge on any atom is 0.253 e. The summed E-state index contributed by atoms with van der Waals surface area (Å²) in [6, 6.07) is 7.23. The van der Waals surface area contributed by atoms with Crippen LogP contribution in [0.15, 0.2) is 24.3 Å². The highest BCUT2D eigenvalue weighted by Crippen LogP contribution is 2.16. The Morgan fingerprint density at radius 3 is 2.68 bits per heavy atom. The second-order valence-electron chi connectivity index (χ2n) is 5.69. The number of anilines is 1. The second kappa shape index (κ2) is 8.54. The maximum atomic E-state index is 12.5. The molecule has 120 valence electrons. The van der Waals surface area contributed by atoms with E-state index < -0.39 is 0 Å². The van der Waals surface area contributed by atoms with Crippen molar-refractivity contribution in [2.24, 2.45) is 0 Å². The maximum absolute atomic E-state index is 12.5. The summed E-state index contributed by atoms with van der Waals surface area (Å²) in [5, 5.41) is 5.88. The first-order chi connectivity index (χ1) is 10.7. The van der Waals surface area contributed by atoms with Gasteiger partial charge >= 0.3 is 0 Å². The van der Waals surface area contributed by atoms with Crippen molar-refractivity contribution in [3.8, 4) is 0 Å². The van der Waals surface area contributed by atoms with Gasteiger partial charge in [-0.3, -0.25) is 9.59 Å². The highest BCUT2D eigenvalue weighted by Gasteiger charge is 2.18. The summed E-state index contributed by atoms with van der Waals surface area (Å²) in [6.07, 6.45) is 4.63. The lowest BCUT2D eigenvalue weighted by Gasteiger charge is -2.26. The Morgan fingerprint density at radius 1 is 1.18 bits per heavy atom. The monoisotopic (exact) mass is 303 g/mol. The molecule has 1 aromatic carbocycles. The topological polar surface area (TPSA) is 61.4 Å². The van der Waals surface area contributed by atoms with Crippen LogP contribution in [-0.4, -0.2) is 43.4 Å². The van der Waals surface area contributed by atoms with Crippen molar-refractivity contribution >= 4 is 17.5 Å². The summed E-state index contributed by atoms with van der Waals surface area (Å²) in [4.78, 5) is 26.2. The van der Waals surface area contributed by atoms with Gasteiger partial charge in [0.1, 0.15) is 0 Å². The van der Waals surface area contributed by atoms with Gasteiger partial charge in [-0.25, -0.2) is 0 Å². The summed E-state index contributed by atoms with van der Waals surface area (Å²) in [6.45, 7) is 2.49. The molecule has 0 saturated carbocycles. The summed E-state index contributed by atoms with van der Waals surface area (Å²) < 4.78 is 0. The van der Waals surface area contributed by atoms with E-state index in [9.17, 15) is 9.59 Å². The van der Waals surface area contributed by atoms with E-state index in [1.54, 1.807) is 6.07 Å². The normalized spacial score (nSPS) is 14.7. The van der Waals surface area contributed by atoms with Gasteiger partial charge in [0.2, 0.25) is 5.91 Å². The van der Waals surface area contributed by atoms with Crippen LogP contribution in [0, 0.1) is 0 Å². The van der Waals surface area contributed by atoms with Gasteiger partial charge in [0, 0.05) is 30.8 Å². The fraction of sp³-hybridized carbons (Fsp3) is 0.529. The standard InChI is InChI=1S/C17H25N3O2/c1-18-10-6-9-16(21)19-15-8-5-7-14(13-15)17(22)20-11-3-2-4-12-20/h5,7-8,13,18H,2-4,6,9-12H2,1H3,(H,19,21). The number of hydrogen-bond donors (Lipinski definition) is 2. The third kappa shape index (κ3) is 4.84. The van der Waals surface area contributed by atoms with Gasteiger partial charge in [0.05, 0.1) is 0 Å². The van der Waals surface area contributed by atoms with E-state index in [-0.39, 0.29) is 11.8 Å². The molecule has 0 aliphatic carbocycles. The zero-order chi connectivity index (χ0) is 15.8. The number of carbonyl (C=O) groups is 2. The fourth-order valence-electron chi connectivity index (χ4n) is 2.66. The quantitative estimate of drug-likeness (QED) is 0.792. The summed E-state index contributed by atoms with van der Waals surface area (Å²) in [5.74, 6) is 0.0452.